The topological polar surface area (TPSA) is 88.4 Å². The lowest BCUT2D eigenvalue weighted by molar-refractivity contribution is -0.114. The van der Waals surface area contributed by atoms with Crippen molar-refractivity contribution < 1.29 is 14.0 Å². The van der Waals surface area contributed by atoms with Crippen LogP contribution in [-0.2, 0) is 4.79 Å². The zero-order valence-electron chi connectivity index (χ0n) is 14.6. The number of carbonyl (C=O) groups is 2. The largest absolute Gasteiger partial charge is 0.326 e. The number of hydrogen-bond donors (Lipinski definition) is 2. The minimum Gasteiger partial charge on any atom is -0.326 e. The fourth-order valence-electron chi connectivity index (χ4n) is 2.67. The minimum absolute atomic E-state index is 0.0746. The molecule has 2 N–H and O–H groups in total. The van der Waals surface area contributed by atoms with E-state index in [1.54, 1.807) is 22.7 Å². The molecule has 2 aromatic heterocycles. The number of carbonyl (C=O) groups excluding carboxylic acids is 2. The van der Waals surface area contributed by atoms with Gasteiger partial charge in [0.2, 0.25) is 10.9 Å². The van der Waals surface area contributed by atoms with Gasteiger partial charge in [0, 0.05) is 23.6 Å². The highest BCUT2D eigenvalue weighted by Gasteiger charge is 2.16. The van der Waals surface area contributed by atoms with Crippen molar-refractivity contribution in [3.63, 3.8) is 0 Å². The SMILES string of the molecule is CC(=O)Nc1ccc(-c2csc3nc(NC(=O)c4ccccc4F)nn23)cc1. The van der Waals surface area contributed by atoms with Gasteiger partial charge in [0.25, 0.3) is 11.9 Å². The standard InChI is InChI=1S/C19H14FN5O2S/c1-11(26)21-13-8-6-12(7-9-13)16-10-28-19-23-18(24-25(16)19)22-17(27)14-4-2-3-5-15(14)20/h2-10H,1H3,(H,21,26)(H,22,24,27). The van der Waals surface area contributed by atoms with E-state index in [1.165, 1.54) is 36.5 Å². The van der Waals surface area contributed by atoms with Gasteiger partial charge in [-0.1, -0.05) is 24.3 Å². The van der Waals surface area contributed by atoms with E-state index < -0.39 is 11.7 Å². The van der Waals surface area contributed by atoms with Crippen LogP contribution in [-0.4, -0.2) is 26.4 Å². The van der Waals surface area contributed by atoms with Gasteiger partial charge in [0.05, 0.1) is 11.3 Å². The van der Waals surface area contributed by atoms with Gasteiger partial charge < -0.3 is 5.32 Å². The normalized spacial score (nSPS) is 10.8. The third kappa shape index (κ3) is 3.47. The Labute approximate surface area is 162 Å². The maximum absolute atomic E-state index is 13.8. The van der Waals surface area contributed by atoms with Crippen LogP contribution in [0.25, 0.3) is 16.2 Å². The van der Waals surface area contributed by atoms with E-state index in [4.69, 9.17) is 0 Å². The van der Waals surface area contributed by atoms with Crippen molar-refractivity contribution >= 4 is 39.7 Å². The first-order valence-corrected chi connectivity index (χ1v) is 9.17. The maximum Gasteiger partial charge on any atom is 0.261 e. The van der Waals surface area contributed by atoms with Gasteiger partial charge in [-0.05, 0) is 24.3 Å². The van der Waals surface area contributed by atoms with Crippen molar-refractivity contribution in [2.75, 3.05) is 10.6 Å². The molecule has 0 unspecified atom stereocenters. The summed E-state index contributed by atoms with van der Waals surface area (Å²) in [6.07, 6.45) is 0. The summed E-state index contributed by atoms with van der Waals surface area (Å²) < 4.78 is 15.4. The summed E-state index contributed by atoms with van der Waals surface area (Å²) in [5.74, 6) is -1.27. The first-order chi connectivity index (χ1) is 13.5. The van der Waals surface area contributed by atoms with Gasteiger partial charge in [-0.25, -0.2) is 8.91 Å². The zero-order valence-corrected chi connectivity index (χ0v) is 15.5. The molecule has 0 fully saturated rings. The van der Waals surface area contributed by atoms with Gasteiger partial charge >= 0.3 is 0 Å². The van der Waals surface area contributed by atoms with Crippen LogP contribution in [0.4, 0.5) is 16.0 Å². The smallest absolute Gasteiger partial charge is 0.261 e. The number of thiazole rings is 1. The van der Waals surface area contributed by atoms with E-state index in [-0.39, 0.29) is 17.4 Å². The Balaban J connectivity index is 1.59. The molecule has 0 spiro atoms. The Morgan fingerprint density at radius 2 is 1.82 bits per heavy atom. The molecule has 28 heavy (non-hydrogen) atoms. The van der Waals surface area contributed by atoms with Gasteiger partial charge in [-0.3, -0.25) is 14.9 Å². The second-order valence-electron chi connectivity index (χ2n) is 5.94. The molecule has 0 aliphatic rings. The summed E-state index contributed by atoms with van der Waals surface area (Å²) in [7, 11) is 0. The highest BCUT2D eigenvalue weighted by Crippen LogP contribution is 2.27. The van der Waals surface area contributed by atoms with Crippen LogP contribution >= 0.6 is 11.3 Å². The molecular formula is C19H14FN5O2S. The second-order valence-corrected chi connectivity index (χ2v) is 6.78. The van der Waals surface area contributed by atoms with Crippen LogP contribution in [0.15, 0.2) is 53.9 Å². The molecule has 0 radical (unpaired) electrons. The van der Waals surface area contributed by atoms with Crippen molar-refractivity contribution in [1.82, 2.24) is 14.6 Å². The van der Waals surface area contributed by atoms with Gasteiger partial charge in [0.15, 0.2) is 0 Å². The van der Waals surface area contributed by atoms with Crippen molar-refractivity contribution in [2.45, 2.75) is 6.92 Å². The van der Waals surface area contributed by atoms with Crippen LogP contribution in [0.2, 0.25) is 0 Å². The fraction of sp³-hybridized carbons (Fsp3) is 0.0526. The summed E-state index contributed by atoms with van der Waals surface area (Å²) in [6.45, 7) is 1.45. The summed E-state index contributed by atoms with van der Waals surface area (Å²) in [5.41, 5.74) is 2.28. The minimum atomic E-state index is -0.613. The Hall–Kier alpha value is -3.59. The molecule has 0 saturated heterocycles. The molecule has 2 amide bonds. The number of nitrogens with one attached hydrogen (secondary N) is 2. The van der Waals surface area contributed by atoms with E-state index in [0.29, 0.717) is 10.6 Å². The monoisotopic (exact) mass is 395 g/mol. The number of hydrogen-bond acceptors (Lipinski definition) is 5. The number of nitrogens with zero attached hydrogens (tertiary/aromatic N) is 3. The highest BCUT2D eigenvalue weighted by molar-refractivity contribution is 7.15. The number of halogens is 1. The van der Waals surface area contributed by atoms with Crippen molar-refractivity contribution in [3.8, 4) is 11.3 Å². The summed E-state index contributed by atoms with van der Waals surface area (Å²) in [4.78, 5) is 28.2. The van der Waals surface area contributed by atoms with E-state index >= 15 is 0 Å². The van der Waals surface area contributed by atoms with Crippen LogP contribution in [0, 0.1) is 5.82 Å². The number of anilines is 2. The number of fused-ring (bicyclic) bond motifs is 1. The molecule has 7 nitrogen and oxygen atoms in total. The molecule has 0 atom stereocenters. The molecule has 4 rings (SSSR count). The van der Waals surface area contributed by atoms with Gasteiger partial charge in [-0.2, -0.15) is 4.98 Å². The predicted octanol–water partition coefficient (Wildman–Crippen LogP) is 3.81. The molecule has 0 bridgehead atoms. The van der Waals surface area contributed by atoms with Crippen LogP contribution in [0.3, 0.4) is 0 Å². The highest BCUT2D eigenvalue weighted by atomic mass is 32.1. The van der Waals surface area contributed by atoms with Crippen LogP contribution < -0.4 is 10.6 Å². The predicted molar refractivity (Wildman–Crippen MR) is 105 cm³/mol. The van der Waals surface area contributed by atoms with Gasteiger partial charge in [0.1, 0.15) is 5.82 Å². The van der Waals surface area contributed by atoms with E-state index in [2.05, 4.69) is 20.7 Å². The average molecular weight is 395 g/mol. The van der Waals surface area contributed by atoms with E-state index in [1.807, 2.05) is 17.5 Å². The van der Waals surface area contributed by atoms with Crippen LogP contribution in [0.5, 0.6) is 0 Å². The third-order valence-electron chi connectivity index (χ3n) is 3.93. The summed E-state index contributed by atoms with van der Waals surface area (Å²) in [5, 5.41) is 11.4. The molecule has 2 aromatic carbocycles. The lowest BCUT2D eigenvalue weighted by atomic mass is 10.1. The quantitative estimate of drug-likeness (QED) is 0.550. The lowest BCUT2D eigenvalue weighted by Gasteiger charge is -2.04. The number of aromatic nitrogens is 3. The van der Waals surface area contributed by atoms with E-state index in [0.717, 1.165) is 11.3 Å². The molecule has 140 valence electrons. The number of rotatable bonds is 4. The third-order valence-corrected chi connectivity index (χ3v) is 4.74. The number of amides is 2. The molecule has 0 aliphatic carbocycles. The second kappa shape index (κ2) is 7.20. The zero-order chi connectivity index (χ0) is 19.7. The Bertz CT molecular complexity index is 1180. The summed E-state index contributed by atoms with van der Waals surface area (Å²) >= 11 is 1.36. The first-order valence-electron chi connectivity index (χ1n) is 8.29. The average Bonchev–Trinajstić information content (AvgIpc) is 3.22. The molecular weight excluding hydrogens is 381 g/mol. The van der Waals surface area contributed by atoms with E-state index in [9.17, 15) is 14.0 Å². The Morgan fingerprint density at radius 3 is 2.54 bits per heavy atom. The van der Waals surface area contributed by atoms with Crippen molar-refractivity contribution in [3.05, 3.63) is 65.3 Å². The molecule has 0 aliphatic heterocycles. The molecule has 4 aromatic rings. The van der Waals surface area contributed by atoms with Crippen molar-refractivity contribution in [1.29, 1.82) is 0 Å². The van der Waals surface area contributed by atoms with Gasteiger partial charge in [-0.15, -0.1) is 16.4 Å². The lowest BCUT2D eigenvalue weighted by Crippen LogP contribution is -2.14. The Morgan fingerprint density at radius 1 is 1.07 bits per heavy atom. The molecule has 9 heteroatoms. The number of benzene rings is 2. The molecule has 0 saturated carbocycles. The molecule has 2 heterocycles. The Kier molecular flexibility index (Phi) is 4.58. The fourth-order valence-corrected chi connectivity index (χ4v) is 3.51. The maximum atomic E-state index is 13.8. The first kappa shape index (κ1) is 17.8. The summed E-state index contributed by atoms with van der Waals surface area (Å²) in [6, 6.07) is 13.0. The van der Waals surface area contributed by atoms with Crippen LogP contribution in [0.1, 0.15) is 17.3 Å². The van der Waals surface area contributed by atoms with Crippen molar-refractivity contribution in [2.24, 2.45) is 0 Å².